The third kappa shape index (κ3) is 4.24. The first kappa shape index (κ1) is 13.9. The Labute approximate surface area is 119 Å². The van der Waals surface area contributed by atoms with Gasteiger partial charge in [0, 0.05) is 16.2 Å². The third-order valence-electron chi connectivity index (χ3n) is 2.74. The van der Waals surface area contributed by atoms with Crippen molar-refractivity contribution >= 4 is 33.5 Å². The number of esters is 1. The van der Waals surface area contributed by atoms with Gasteiger partial charge in [0.05, 0.1) is 12.0 Å². The number of amides is 1. The first-order valence-electron chi connectivity index (χ1n) is 6.08. The smallest absolute Gasteiger partial charge is 0.338 e. The molecule has 1 aliphatic rings. The Morgan fingerprint density at radius 1 is 1.42 bits per heavy atom. The molecule has 0 aromatic heterocycles. The topological polar surface area (TPSA) is 81.4 Å². The first-order chi connectivity index (χ1) is 9.06. The number of anilines is 1. The summed E-state index contributed by atoms with van der Waals surface area (Å²) in [5, 5.41) is 2.83. The molecule has 0 unspecified atom stereocenters. The van der Waals surface area contributed by atoms with Crippen molar-refractivity contribution < 1.29 is 14.3 Å². The third-order valence-corrected chi connectivity index (χ3v) is 3.46. The lowest BCUT2D eigenvalue weighted by atomic mass is 10.2. The molecule has 102 valence electrons. The van der Waals surface area contributed by atoms with Crippen molar-refractivity contribution in [2.75, 3.05) is 12.3 Å². The summed E-state index contributed by atoms with van der Waals surface area (Å²) in [6.07, 6.45) is 2.28. The van der Waals surface area contributed by atoms with E-state index in [9.17, 15) is 9.59 Å². The average molecular weight is 327 g/mol. The number of hydrogen-bond acceptors (Lipinski definition) is 4. The van der Waals surface area contributed by atoms with Crippen molar-refractivity contribution in [3.8, 4) is 0 Å². The normalized spacial score (nSPS) is 13.9. The standard InChI is InChI=1S/C13H15BrN2O3/c14-10-4-1-8(7-11(10)15)13(18)19-6-5-12(17)16-9-2-3-9/h1,4,7,9H,2-3,5-6,15H2,(H,16,17). The van der Waals surface area contributed by atoms with Gasteiger partial charge in [-0.15, -0.1) is 0 Å². The lowest BCUT2D eigenvalue weighted by Gasteiger charge is -2.06. The van der Waals surface area contributed by atoms with Gasteiger partial charge in [-0.3, -0.25) is 4.79 Å². The molecule has 1 aromatic rings. The van der Waals surface area contributed by atoms with Crippen LogP contribution in [0.4, 0.5) is 5.69 Å². The van der Waals surface area contributed by atoms with Gasteiger partial charge in [-0.25, -0.2) is 4.79 Å². The van der Waals surface area contributed by atoms with Crippen LogP contribution in [0.1, 0.15) is 29.6 Å². The van der Waals surface area contributed by atoms with E-state index < -0.39 is 5.97 Å². The quantitative estimate of drug-likeness (QED) is 0.639. The Bertz CT molecular complexity index is 501. The van der Waals surface area contributed by atoms with Gasteiger partial charge in [-0.2, -0.15) is 0 Å². The van der Waals surface area contributed by atoms with Crippen LogP contribution in [0, 0.1) is 0 Å². The molecule has 0 saturated heterocycles. The predicted molar refractivity (Wildman–Crippen MR) is 74.6 cm³/mol. The monoisotopic (exact) mass is 326 g/mol. The van der Waals surface area contributed by atoms with Crippen LogP contribution >= 0.6 is 15.9 Å². The SMILES string of the molecule is Nc1cc(C(=O)OCCC(=O)NC2CC2)ccc1Br. The summed E-state index contributed by atoms with van der Waals surface area (Å²) >= 11 is 3.25. The molecule has 0 bridgehead atoms. The first-order valence-corrected chi connectivity index (χ1v) is 6.87. The second-order valence-electron chi connectivity index (χ2n) is 4.46. The number of hydrogen-bond donors (Lipinski definition) is 2. The number of benzene rings is 1. The predicted octanol–water partition coefficient (Wildman–Crippen LogP) is 1.86. The number of rotatable bonds is 5. The van der Waals surface area contributed by atoms with E-state index in [1.807, 2.05) is 0 Å². The van der Waals surface area contributed by atoms with Gasteiger partial charge < -0.3 is 15.8 Å². The van der Waals surface area contributed by atoms with Crippen LogP contribution < -0.4 is 11.1 Å². The Balaban J connectivity index is 1.76. The fourth-order valence-electron chi connectivity index (χ4n) is 1.52. The fourth-order valence-corrected chi connectivity index (χ4v) is 1.76. The molecule has 1 aliphatic carbocycles. The molecule has 0 spiro atoms. The highest BCUT2D eigenvalue weighted by Crippen LogP contribution is 2.21. The summed E-state index contributed by atoms with van der Waals surface area (Å²) in [6.45, 7) is 0.0767. The van der Waals surface area contributed by atoms with Crippen molar-refractivity contribution in [2.24, 2.45) is 0 Å². The van der Waals surface area contributed by atoms with E-state index >= 15 is 0 Å². The van der Waals surface area contributed by atoms with Crippen LogP contribution in [0.15, 0.2) is 22.7 Å². The summed E-state index contributed by atoms with van der Waals surface area (Å²) < 4.78 is 5.75. The van der Waals surface area contributed by atoms with Gasteiger partial charge in [0.1, 0.15) is 6.61 Å². The number of carbonyl (C=O) groups excluding carboxylic acids is 2. The fraction of sp³-hybridized carbons (Fsp3) is 0.385. The maximum absolute atomic E-state index is 11.7. The lowest BCUT2D eigenvalue weighted by molar-refractivity contribution is -0.121. The molecule has 0 atom stereocenters. The molecule has 5 nitrogen and oxygen atoms in total. The van der Waals surface area contributed by atoms with Gasteiger partial charge in [-0.05, 0) is 47.0 Å². The van der Waals surface area contributed by atoms with E-state index in [0.717, 1.165) is 17.3 Å². The maximum Gasteiger partial charge on any atom is 0.338 e. The number of ether oxygens (including phenoxy) is 1. The Morgan fingerprint density at radius 3 is 2.79 bits per heavy atom. The molecule has 3 N–H and O–H groups in total. The molecule has 1 amide bonds. The van der Waals surface area contributed by atoms with Crippen molar-refractivity contribution in [1.82, 2.24) is 5.32 Å². The Morgan fingerprint density at radius 2 is 2.16 bits per heavy atom. The molecule has 0 radical (unpaired) electrons. The van der Waals surface area contributed by atoms with Gasteiger partial charge in [-0.1, -0.05) is 0 Å². The average Bonchev–Trinajstić information content (AvgIpc) is 3.16. The largest absolute Gasteiger partial charge is 0.462 e. The van der Waals surface area contributed by atoms with Crippen LogP contribution in [0.2, 0.25) is 0 Å². The lowest BCUT2D eigenvalue weighted by Crippen LogP contribution is -2.26. The molecule has 1 aromatic carbocycles. The molecule has 0 aliphatic heterocycles. The Hall–Kier alpha value is -1.56. The van der Waals surface area contributed by atoms with Gasteiger partial charge in [0.2, 0.25) is 5.91 Å². The number of nitrogens with one attached hydrogen (secondary N) is 1. The van der Waals surface area contributed by atoms with Gasteiger partial charge in [0.25, 0.3) is 0 Å². The van der Waals surface area contributed by atoms with E-state index in [1.165, 1.54) is 6.07 Å². The molecular formula is C13H15BrN2O3. The zero-order valence-electron chi connectivity index (χ0n) is 10.3. The van der Waals surface area contributed by atoms with E-state index in [4.69, 9.17) is 10.5 Å². The second kappa shape index (κ2) is 6.06. The molecule has 19 heavy (non-hydrogen) atoms. The summed E-state index contributed by atoms with van der Waals surface area (Å²) in [5.74, 6) is -0.552. The van der Waals surface area contributed by atoms with Crippen molar-refractivity contribution in [1.29, 1.82) is 0 Å². The molecule has 6 heteroatoms. The minimum absolute atomic E-state index is 0.0767. The summed E-state index contributed by atoms with van der Waals surface area (Å²) in [7, 11) is 0. The van der Waals surface area contributed by atoms with E-state index in [2.05, 4.69) is 21.2 Å². The summed E-state index contributed by atoms with van der Waals surface area (Å²) in [5.41, 5.74) is 6.53. The van der Waals surface area contributed by atoms with Crippen LogP contribution in [0.5, 0.6) is 0 Å². The minimum atomic E-state index is -0.474. The highest BCUT2D eigenvalue weighted by molar-refractivity contribution is 9.10. The van der Waals surface area contributed by atoms with Crippen LogP contribution in [0.25, 0.3) is 0 Å². The van der Waals surface area contributed by atoms with Crippen molar-refractivity contribution in [3.63, 3.8) is 0 Å². The van der Waals surface area contributed by atoms with Crippen LogP contribution in [-0.2, 0) is 9.53 Å². The second-order valence-corrected chi connectivity index (χ2v) is 5.32. The molecule has 1 saturated carbocycles. The van der Waals surface area contributed by atoms with E-state index in [1.54, 1.807) is 12.1 Å². The van der Waals surface area contributed by atoms with Crippen LogP contribution in [-0.4, -0.2) is 24.5 Å². The number of nitrogens with two attached hydrogens (primary N) is 1. The number of halogens is 1. The molecule has 2 rings (SSSR count). The Kier molecular flexibility index (Phi) is 4.42. The zero-order chi connectivity index (χ0) is 13.8. The van der Waals surface area contributed by atoms with Crippen molar-refractivity contribution in [3.05, 3.63) is 28.2 Å². The van der Waals surface area contributed by atoms with E-state index in [-0.39, 0.29) is 18.9 Å². The molecular weight excluding hydrogens is 312 g/mol. The minimum Gasteiger partial charge on any atom is -0.462 e. The number of nitrogen functional groups attached to an aromatic ring is 1. The van der Waals surface area contributed by atoms with Gasteiger partial charge >= 0.3 is 5.97 Å². The molecule has 0 heterocycles. The number of carbonyl (C=O) groups is 2. The zero-order valence-corrected chi connectivity index (χ0v) is 11.9. The van der Waals surface area contributed by atoms with Crippen LogP contribution in [0.3, 0.4) is 0 Å². The summed E-state index contributed by atoms with van der Waals surface area (Å²) in [4.78, 5) is 23.1. The highest BCUT2D eigenvalue weighted by atomic mass is 79.9. The van der Waals surface area contributed by atoms with E-state index in [0.29, 0.717) is 17.3 Å². The van der Waals surface area contributed by atoms with Crippen molar-refractivity contribution in [2.45, 2.75) is 25.3 Å². The van der Waals surface area contributed by atoms with Gasteiger partial charge in [0.15, 0.2) is 0 Å². The maximum atomic E-state index is 11.7. The summed E-state index contributed by atoms with van der Waals surface area (Å²) in [6, 6.07) is 5.17. The molecule has 1 fully saturated rings. The highest BCUT2D eigenvalue weighted by Gasteiger charge is 2.23.